The summed E-state index contributed by atoms with van der Waals surface area (Å²) in [7, 11) is 0. The topological polar surface area (TPSA) is 38.0 Å². The van der Waals surface area contributed by atoms with Gasteiger partial charge in [-0.2, -0.15) is 0 Å². The number of nitrogens with two attached hydrogens (primary N) is 1. The minimum absolute atomic E-state index is 0.231. The zero-order valence-electron chi connectivity index (χ0n) is 9.58. The second-order valence-electron chi connectivity index (χ2n) is 3.82. The lowest BCUT2D eigenvalue weighted by Crippen LogP contribution is -2.08. The fourth-order valence-corrected chi connectivity index (χ4v) is 1.66. The Morgan fingerprint density at radius 3 is 2.26 bits per heavy atom. The van der Waals surface area contributed by atoms with Crippen molar-refractivity contribution < 1.29 is 13.2 Å². The van der Waals surface area contributed by atoms with Crippen LogP contribution in [0.25, 0.3) is 0 Å². The van der Waals surface area contributed by atoms with Gasteiger partial charge in [0.15, 0.2) is 11.6 Å². The Bertz CT molecular complexity index is 627. The molecular weight excluding hydrogens is 273 g/mol. The van der Waals surface area contributed by atoms with Gasteiger partial charge in [0.25, 0.3) is 0 Å². The van der Waals surface area contributed by atoms with Crippen LogP contribution in [0.2, 0.25) is 0 Å². The van der Waals surface area contributed by atoms with E-state index in [-0.39, 0.29) is 10.7 Å². The summed E-state index contributed by atoms with van der Waals surface area (Å²) in [6, 6.07) is 7.76. The molecule has 0 saturated carbocycles. The third kappa shape index (κ3) is 3.03. The molecule has 3 N–H and O–H groups in total. The number of hydrogen-bond acceptors (Lipinski definition) is 2. The third-order valence-corrected chi connectivity index (χ3v) is 2.68. The molecule has 0 aromatic heterocycles. The number of anilines is 2. The smallest absolute Gasteiger partial charge is 0.182 e. The van der Waals surface area contributed by atoms with E-state index in [0.717, 1.165) is 6.07 Å². The molecule has 6 heteroatoms. The molecule has 0 heterocycles. The Labute approximate surface area is 113 Å². The minimum Gasteiger partial charge on any atom is -0.389 e. The first-order valence-corrected chi connectivity index (χ1v) is 5.69. The highest BCUT2D eigenvalue weighted by atomic mass is 32.1. The molecule has 0 amide bonds. The van der Waals surface area contributed by atoms with Crippen molar-refractivity contribution in [1.29, 1.82) is 0 Å². The maximum absolute atomic E-state index is 13.4. The molecule has 0 aliphatic carbocycles. The van der Waals surface area contributed by atoms with E-state index in [1.807, 2.05) is 0 Å². The monoisotopic (exact) mass is 282 g/mol. The Morgan fingerprint density at radius 1 is 1.05 bits per heavy atom. The van der Waals surface area contributed by atoms with Gasteiger partial charge >= 0.3 is 0 Å². The second-order valence-corrected chi connectivity index (χ2v) is 4.26. The number of thiocarbonyl (C=S) groups is 1. The SMILES string of the molecule is NC(=S)c1ccc(Nc2cc(F)cc(F)c2F)cc1. The summed E-state index contributed by atoms with van der Waals surface area (Å²) in [4.78, 5) is 0.231. The number of hydrogen-bond donors (Lipinski definition) is 2. The maximum Gasteiger partial charge on any atom is 0.182 e. The fraction of sp³-hybridized carbons (Fsp3) is 0. The van der Waals surface area contributed by atoms with Crippen LogP contribution >= 0.6 is 12.2 Å². The van der Waals surface area contributed by atoms with Gasteiger partial charge in [-0.15, -0.1) is 0 Å². The molecule has 0 fully saturated rings. The molecule has 2 aromatic carbocycles. The van der Waals surface area contributed by atoms with Crippen LogP contribution < -0.4 is 11.1 Å². The van der Waals surface area contributed by atoms with Crippen LogP contribution in [0.4, 0.5) is 24.5 Å². The van der Waals surface area contributed by atoms with Crippen LogP contribution in [0.1, 0.15) is 5.56 Å². The van der Waals surface area contributed by atoms with Crippen molar-refractivity contribution in [2.75, 3.05) is 5.32 Å². The molecule has 98 valence electrons. The molecule has 0 aliphatic heterocycles. The van der Waals surface area contributed by atoms with Crippen molar-refractivity contribution >= 4 is 28.6 Å². The van der Waals surface area contributed by atoms with Crippen LogP contribution in [-0.2, 0) is 0 Å². The molecule has 2 rings (SSSR count). The van der Waals surface area contributed by atoms with Crippen molar-refractivity contribution in [1.82, 2.24) is 0 Å². The van der Waals surface area contributed by atoms with E-state index in [4.69, 9.17) is 18.0 Å². The van der Waals surface area contributed by atoms with E-state index in [9.17, 15) is 13.2 Å². The summed E-state index contributed by atoms with van der Waals surface area (Å²) >= 11 is 4.79. The van der Waals surface area contributed by atoms with Gasteiger partial charge in [-0.1, -0.05) is 12.2 Å². The summed E-state index contributed by atoms with van der Waals surface area (Å²) < 4.78 is 39.5. The van der Waals surface area contributed by atoms with Gasteiger partial charge in [0.2, 0.25) is 0 Å². The summed E-state index contributed by atoms with van der Waals surface area (Å²) in [5.41, 5.74) is 6.26. The lowest BCUT2D eigenvalue weighted by atomic mass is 10.2. The lowest BCUT2D eigenvalue weighted by Gasteiger charge is -2.09. The van der Waals surface area contributed by atoms with Gasteiger partial charge in [0.1, 0.15) is 10.8 Å². The summed E-state index contributed by atoms with van der Waals surface area (Å²) in [6.07, 6.45) is 0. The number of nitrogens with one attached hydrogen (secondary N) is 1. The summed E-state index contributed by atoms with van der Waals surface area (Å²) in [5, 5.41) is 2.58. The van der Waals surface area contributed by atoms with E-state index in [0.29, 0.717) is 17.3 Å². The predicted octanol–water partition coefficient (Wildman–Crippen LogP) is 3.48. The Morgan fingerprint density at radius 2 is 1.68 bits per heavy atom. The normalized spacial score (nSPS) is 10.3. The fourth-order valence-electron chi connectivity index (χ4n) is 1.52. The molecular formula is C13H9F3N2S. The molecule has 0 radical (unpaired) electrons. The van der Waals surface area contributed by atoms with Crippen LogP contribution in [-0.4, -0.2) is 4.99 Å². The van der Waals surface area contributed by atoms with Crippen molar-refractivity contribution in [2.45, 2.75) is 0 Å². The van der Waals surface area contributed by atoms with Crippen LogP contribution in [0.5, 0.6) is 0 Å². The van der Waals surface area contributed by atoms with Gasteiger partial charge in [0.05, 0.1) is 5.69 Å². The van der Waals surface area contributed by atoms with Gasteiger partial charge in [-0.25, -0.2) is 13.2 Å². The highest BCUT2D eigenvalue weighted by Gasteiger charge is 2.11. The molecule has 19 heavy (non-hydrogen) atoms. The van der Waals surface area contributed by atoms with Gasteiger partial charge in [-0.05, 0) is 24.3 Å². The Hall–Kier alpha value is -2.08. The molecule has 0 bridgehead atoms. The molecule has 2 nitrogen and oxygen atoms in total. The van der Waals surface area contributed by atoms with Crippen molar-refractivity contribution in [3.8, 4) is 0 Å². The summed E-state index contributed by atoms with van der Waals surface area (Å²) in [6.45, 7) is 0. The standard InChI is InChI=1S/C13H9F3N2S/c14-8-5-10(15)12(16)11(6-8)18-9-3-1-7(2-4-9)13(17)19/h1-6,18H,(H2,17,19). The van der Waals surface area contributed by atoms with Crippen LogP contribution in [0.15, 0.2) is 36.4 Å². The van der Waals surface area contributed by atoms with Gasteiger partial charge in [0, 0.05) is 23.4 Å². The summed E-state index contributed by atoms with van der Waals surface area (Å²) in [5.74, 6) is -3.25. The van der Waals surface area contributed by atoms with Crippen LogP contribution in [0.3, 0.4) is 0 Å². The highest BCUT2D eigenvalue weighted by Crippen LogP contribution is 2.23. The number of benzene rings is 2. The van der Waals surface area contributed by atoms with Gasteiger partial charge < -0.3 is 11.1 Å². The molecule has 0 spiro atoms. The first-order valence-electron chi connectivity index (χ1n) is 5.29. The Balaban J connectivity index is 2.28. The van der Waals surface area contributed by atoms with Crippen molar-refractivity contribution in [3.05, 3.63) is 59.4 Å². The van der Waals surface area contributed by atoms with E-state index in [1.165, 1.54) is 0 Å². The van der Waals surface area contributed by atoms with E-state index in [2.05, 4.69) is 5.32 Å². The van der Waals surface area contributed by atoms with E-state index >= 15 is 0 Å². The largest absolute Gasteiger partial charge is 0.389 e. The molecule has 0 unspecified atom stereocenters. The van der Waals surface area contributed by atoms with E-state index in [1.54, 1.807) is 24.3 Å². The van der Waals surface area contributed by atoms with E-state index < -0.39 is 17.5 Å². The van der Waals surface area contributed by atoms with Gasteiger partial charge in [-0.3, -0.25) is 0 Å². The second kappa shape index (κ2) is 5.27. The zero-order valence-corrected chi connectivity index (χ0v) is 10.4. The zero-order chi connectivity index (χ0) is 14.0. The maximum atomic E-state index is 13.4. The quantitative estimate of drug-likeness (QED) is 0.668. The molecule has 0 aliphatic rings. The van der Waals surface area contributed by atoms with Crippen molar-refractivity contribution in [3.63, 3.8) is 0 Å². The average molecular weight is 282 g/mol. The molecule has 2 aromatic rings. The number of rotatable bonds is 3. The lowest BCUT2D eigenvalue weighted by molar-refractivity contribution is 0.498. The minimum atomic E-state index is -1.25. The van der Waals surface area contributed by atoms with Crippen molar-refractivity contribution in [2.24, 2.45) is 5.73 Å². The predicted molar refractivity (Wildman–Crippen MR) is 71.9 cm³/mol. The first kappa shape index (κ1) is 13.4. The highest BCUT2D eigenvalue weighted by molar-refractivity contribution is 7.80. The average Bonchev–Trinajstić information content (AvgIpc) is 2.36. The van der Waals surface area contributed by atoms with Crippen LogP contribution in [0, 0.1) is 17.5 Å². The molecule has 0 saturated heterocycles. The Kier molecular flexibility index (Phi) is 3.71. The third-order valence-electron chi connectivity index (χ3n) is 2.44. The first-order chi connectivity index (χ1) is 8.97. The number of halogens is 3. The molecule has 0 atom stereocenters.